The van der Waals surface area contributed by atoms with Gasteiger partial charge in [-0.25, -0.2) is 4.98 Å². The summed E-state index contributed by atoms with van der Waals surface area (Å²) in [5.41, 5.74) is 1.44. The van der Waals surface area contributed by atoms with Crippen molar-refractivity contribution in [3.63, 3.8) is 0 Å². The number of carbonyl (C=O) groups excluding carboxylic acids is 1. The molecule has 152 valence electrons. The van der Waals surface area contributed by atoms with Gasteiger partial charge in [0.05, 0.1) is 30.5 Å². The Hall–Kier alpha value is -2.19. The zero-order valence-electron chi connectivity index (χ0n) is 16.1. The van der Waals surface area contributed by atoms with Crippen LogP contribution in [0.15, 0.2) is 42.5 Å². The number of anilines is 1. The molecule has 8 heteroatoms. The number of methoxy groups -OCH3 is 1. The number of hydrogen-bond acceptors (Lipinski definition) is 6. The molecule has 0 N–H and O–H groups in total. The third-order valence-corrected chi connectivity index (χ3v) is 6.19. The number of hydrogen-bond donors (Lipinski definition) is 0. The Morgan fingerprint density at radius 1 is 1.24 bits per heavy atom. The number of rotatable bonds is 6. The molecule has 1 saturated heterocycles. The van der Waals surface area contributed by atoms with Crippen LogP contribution in [0.2, 0.25) is 5.02 Å². The molecule has 0 atom stereocenters. The molecule has 1 aliphatic heterocycles. The van der Waals surface area contributed by atoms with Crippen molar-refractivity contribution in [2.75, 3.05) is 51.4 Å². The van der Waals surface area contributed by atoms with Crippen LogP contribution < -0.4 is 9.64 Å². The Kier molecular flexibility index (Phi) is 6.30. The van der Waals surface area contributed by atoms with Crippen LogP contribution in [0.3, 0.4) is 0 Å². The summed E-state index contributed by atoms with van der Waals surface area (Å²) in [6.45, 7) is 4.53. The second-order valence-electron chi connectivity index (χ2n) is 6.75. The minimum Gasteiger partial charge on any atom is -0.497 e. The van der Waals surface area contributed by atoms with Crippen molar-refractivity contribution in [3.05, 3.63) is 53.1 Å². The topological polar surface area (TPSA) is 54.9 Å². The largest absolute Gasteiger partial charge is 0.497 e. The molecule has 2 heterocycles. The molecule has 3 aromatic rings. The fourth-order valence-corrected chi connectivity index (χ4v) is 4.38. The molecular formula is C21H22ClN3O3S. The van der Waals surface area contributed by atoms with Crippen LogP contribution in [-0.2, 0) is 4.74 Å². The molecule has 1 amide bonds. The van der Waals surface area contributed by atoms with E-state index < -0.39 is 0 Å². The van der Waals surface area contributed by atoms with Gasteiger partial charge in [0.15, 0.2) is 5.13 Å². The maximum Gasteiger partial charge on any atom is 0.260 e. The van der Waals surface area contributed by atoms with Crippen molar-refractivity contribution in [1.82, 2.24) is 9.88 Å². The SMILES string of the molecule is COc1ccc2nc(N(CCN3CCOCC3)C(=O)c3ccc(Cl)cc3)sc2c1. The minimum atomic E-state index is -0.0825. The summed E-state index contributed by atoms with van der Waals surface area (Å²) < 4.78 is 11.7. The molecule has 0 bridgehead atoms. The highest BCUT2D eigenvalue weighted by atomic mass is 35.5. The molecule has 0 radical (unpaired) electrons. The molecule has 1 aromatic heterocycles. The molecule has 4 rings (SSSR count). The lowest BCUT2D eigenvalue weighted by Gasteiger charge is -2.29. The van der Waals surface area contributed by atoms with E-state index in [0.717, 1.165) is 48.8 Å². The standard InChI is InChI=1S/C21H22ClN3O3S/c1-27-17-6-7-18-19(14-17)29-21(23-18)25(9-8-24-10-12-28-13-11-24)20(26)15-2-4-16(22)5-3-15/h2-7,14H,8-13H2,1H3. The fraction of sp³-hybridized carbons (Fsp3) is 0.333. The summed E-state index contributed by atoms with van der Waals surface area (Å²) in [5.74, 6) is 0.692. The van der Waals surface area contributed by atoms with E-state index in [2.05, 4.69) is 4.90 Å². The first-order chi connectivity index (χ1) is 14.1. The van der Waals surface area contributed by atoms with Crippen LogP contribution in [0.4, 0.5) is 5.13 Å². The van der Waals surface area contributed by atoms with Crippen molar-refractivity contribution in [2.45, 2.75) is 0 Å². The lowest BCUT2D eigenvalue weighted by atomic mass is 10.2. The summed E-state index contributed by atoms with van der Waals surface area (Å²) in [6.07, 6.45) is 0. The number of amides is 1. The molecule has 6 nitrogen and oxygen atoms in total. The van der Waals surface area contributed by atoms with E-state index in [4.69, 9.17) is 26.1 Å². The van der Waals surface area contributed by atoms with Crippen LogP contribution in [-0.4, -0.2) is 62.3 Å². The van der Waals surface area contributed by atoms with Gasteiger partial charge < -0.3 is 9.47 Å². The summed E-state index contributed by atoms with van der Waals surface area (Å²) in [7, 11) is 1.64. The molecule has 0 spiro atoms. The Balaban J connectivity index is 1.63. The van der Waals surface area contributed by atoms with E-state index in [1.165, 1.54) is 11.3 Å². The third kappa shape index (κ3) is 4.70. The molecule has 0 unspecified atom stereocenters. The smallest absolute Gasteiger partial charge is 0.260 e. The molecule has 2 aromatic carbocycles. The predicted molar refractivity (Wildman–Crippen MR) is 117 cm³/mol. The number of morpholine rings is 1. The predicted octanol–water partition coefficient (Wildman–Crippen LogP) is 3.94. The van der Waals surface area contributed by atoms with Crippen molar-refractivity contribution >= 4 is 44.2 Å². The first-order valence-electron chi connectivity index (χ1n) is 9.46. The van der Waals surface area contributed by atoms with Gasteiger partial charge >= 0.3 is 0 Å². The normalized spacial score (nSPS) is 14.8. The van der Waals surface area contributed by atoms with E-state index >= 15 is 0 Å². The van der Waals surface area contributed by atoms with Gasteiger partial charge in [0.25, 0.3) is 5.91 Å². The van der Waals surface area contributed by atoms with Crippen LogP contribution in [0, 0.1) is 0 Å². The Morgan fingerprint density at radius 3 is 2.72 bits per heavy atom. The molecule has 0 saturated carbocycles. The number of halogens is 1. The summed E-state index contributed by atoms with van der Waals surface area (Å²) in [5, 5.41) is 1.29. The quantitative estimate of drug-likeness (QED) is 0.591. The summed E-state index contributed by atoms with van der Waals surface area (Å²) in [4.78, 5) is 22.1. The lowest BCUT2D eigenvalue weighted by molar-refractivity contribution is 0.0391. The lowest BCUT2D eigenvalue weighted by Crippen LogP contribution is -2.43. The van der Waals surface area contributed by atoms with Crippen LogP contribution >= 0.6 is 22.9 Å². The molecule has 29 heavy (non-hydrogen) atoms. The van der Waals surface area contributed by atoms with E-state index in [-0.39, 0.29) is 5.91 Å². The summed E-state index contributed by atoms with van der Waals surface area (Å²) >= 11 is 7.48. The van der Waals surface area contributed by atoms with Gasteiger partial charge in [-0.15, -0.1) is 0 Å². The van der Waals surface area contributed by atoms with Gasteiger partial charge in [0.2, 0.25) is 0 Å². The van der Waals surface area contributed by atoms with Crippen LogP contribution in [0.1, 0.15) is 10.4 Å². The molecule has 1 fully saturated rings. The number of fused-ring (bicyclic) bond motifs is 1. The Morgan fingerprint density at radius 2 is 2.00 bits per heavy atom. The Bertz CT molecular complexity index is 987. The number of nitrogens with zero attached hydrogens (tertiary/aromatic N) is 3. The van der Waals surface area contributed by atoms with E-state index in [0.29, 0.717) is 22.3 Å². The van der Waals surface area contributed by atoms with Gasteiger partial charge in [0.1, 0.15) is 5.75 Å². The second kappa shape index (κ2) is 9.09. The first-order valence-corrected chi connectivity index (χ1v) is 10.7. The van der Waals surface area contributed by atoms with Gasteiger partial charge in [-0.05, 0) is 42.5 Å². The number of carbonyl (C=O) groups is 1. The maximum atomic E-state index is 13.3. The monoisotopic (exact) mass is 431 g/mol. The average molecular weight is 432 g/mol. The fourth-order valence-electron chi connectivity index (χ4n) is 3.23. The highest BCUT2D eigenvalue weighted by molar-refractivity contribution is 7.22. The number of benzene rings is 2. The highest BCUT2D eigenvalue weighted by Crippen LogP contribution is 2.32. The van der Waals surface area contributed by atoms with E-state index in [1.54, 1.807) is 36.3 Å². The number of ether oxygens (including phenoxy) is 2. The van der Waals surface area contributed by atoms with Crippen LogP contribution in [0.5, 0.6) is 5.75 Å². The van der Waals surface area contributed by atoms with E-state index in [1.807, 2.05) is 18.2 Å². The van der Waals surface area contributed by atoms with Gasteiger partial charge in [0, 0.05) is 36.8 Å². The zero-order valence-corrected chi connectivity index (χ0v) is 17.7. The van der Waals surface area contributed by atoms with Crippen molar-refractivity contribution in [3.8, 4) is 5.75 Å². The average Bonchev–Trinajstić information content (AvgIpc) is 3.17. The highest BCUT2D eigenvalue weighted by Gasteiger charge is 2.23. The Labute approximate surface area is 178 Å². The maximum absolute atomic E-state index is 13.3. The number of thiazole rings is 1. The van der Waals surface area contributed by atoms with Crippen molar-refractivity contribution in [1.29, 1.82) is 0 Å². The third-order valence-electron chi connectivity index (χ3n) is 4.90. The number of aromatic nitrogens is 1. The second-order valence-corrected chi connectivity index (χ2v) is 8.19. The van der Waals surface area contributed by atoms with Gasteiger partial charge in [-0.2, -0.15) is 0 Å². The van der Waals surface area contributed by atoms with Crippen molar-refractivity contribution < 1.29 is 14.3 Å². The van der Waals surface area contributed by atoms with Gasteiger partial charge in [-0.3, -0.25) is 14.6 Å². The summed E-state index contributed by atoms with van der Waals surface area (Å²) in [6, 6.07) is 12.7. The van der Waals surface area contributed by atoms with Crippen molar-refractivity contribution in [2.24, 2.45) is 0 Å². The molecule has 1 aliphatic rings. The van der Waals surface area contributed by atoms with Crippen LogP contribution in [0.25, 0.3) is 10.2 Å². The molecule has 0 aliphatic carbocycles. The molecular weight excluding hydrogens is 410 g/mol. The zero-order chi connectivity index (χ0) is 20.2. The first kappa shape index (κ1) is 20.1. The minimum absolute atomic E-state index is 0.0825. The van der Waals surface area contributed by atoms with E-state index in [9.17, 15) is 4.79 Å². The van der Waals surface area contributed by atoms with Gasteiger partial charge in [-0.1, -0.05) is 22.9 Å².